The van der Waals surface area contributed by atoms with Crippen LogP contribution in [0.25, 0.3) is 20.1 Å². The van der Waals surface area contributed by atoms with Crippen molar-refractivity contribution in [1.29, 1.82) is 0 Å². The van der Waals surface area contributed by atoms with Crippen LogP contribution in [0.3, 0.4) is 0 Å². The number of thiophene rings is 1. The molecule has 2 heterocycles. The standard InChI is InChI=1S/C18H17NO3S2/c1-18(2,3)15(20)10-22-17(21)14-9-8-13(23-14)16-19-11-6-4-5-7-12(11)24-16/h4-9H,10H2,1-3H3. The summed E-state index contributed by atoms with van der Waals surface area (Å²) in [7, 11) is 0. The molecule has 0 fully saturated rings. The molecule has 0 radical (unpaired) electrons. The van der Waals surface area contributed by atoms with Crippen molar-refractivity contribution in [3.63, 3.8) is 0 Å². The highest BCUT2D eigenvalue weighted by atomic mass is 32.1. The Balaban J connectivity index is 1.73. The first-order valence-corrected chi connectivity index (χ1v) is 9.14. The van der Waals surface area contributed by atoms with Crippen LogP contribution in [0.15, 0.2) is 36.4 Å². The molecule has 2 aromatic heterocycles. The fourth-order valence-electron chi connectivity index (χ4n) is 1.96. The maximum atomic E-state index is 12.1. The van der Waals surface area contributed by atoms with E-state index in [1.807, 2.05) is 30.3 Å². The van der Waals surface area contributed by atoms with E-state index in [0.717, 1.165) is 20.1 Å². The van der Waals surface area contributed by atoms with Gasteiger partial charge in [-0.05, 0) is 24.3 Å². The zero-order chi connectivity index (χ0) is 17.3. The second kappa shape index (κ2) is 6.45. The monoisotopic (exact) mass is 359 g/mol. The lowest BCUT2D eigenvalue weighted by molar-refractivity contribution is -0.129. The van der Waals surface area contributed by atoms with Crippen molar-refractivity contribution in [2.24, 2.45) is 5.41 Å². The number of hydrogen-bond donors (Lipinski definition) is 0. The number of esters is 1. The zero-order valence-corrected chi connectivity index (χ0v) is 15.3. The molecule has 0 saturated carbocycles. The predicted octanol–water partition coefficient (Wildman–Crippen LogP) is 4.80. The number of ether oxygens (including phenoxy) is 1. The molecular formula is C18H17NO3S2. The maximum absolute atomic E-state index is 12.1. The second-order valence-electron chi connectivity index (χ2n) is 6.40. The van der Waals surface area contributed by atoms with Crippen LogP contribution in [-0.4, -0.2) is 23.3 Å². The van der Waals surface area contributed by atoms with Gasteiger partial charge in [0.15, 0.2) is 12.4 Å². The van der Waals surface area contributed by atoms with Crippen LogP contribution in [0, 0.1) is 5.41 Å². The number of nitrogens with zero attached hydrogens (tertiary/aromatic N) is 1. The van der Waals surface area contributed by atoms with Gasteiger partial charge in [0.05, 0.1) is 15.1 Å². The van der Waals surface area contributed by atoms with Gasteiger partial charge in [-0.1, -0.05) is 32.9 Å². The smallest absolute Gasteiger partial charge is 0.348 e. The van der Waals surface area contributed by atoms with Crippen molar-refractivity contribution >= 4 is 44.6 Å². The summed E-state index contributed by atoms with van der Waals surface area (Å²) in [4.78, 5) is 29.9. The van der Waals surface area contributed by atoms with Gasteiger partial charge in [-0.3, -0.25) is 4.79 Å². The van der Waals surface area contributed by atoms with Gasteiger partial charge in [-0.2, -0.15) is 0 Å². The molecule has 0 aliphatic heterocycles. The molecule has 0 unspecified atom stereocenters. The van der Waals surface area contributed by atoms with Gasteiger partial charge in [-0.15, -0.1) is 22.7 Å². The fraction of sp³-hybridized carbons (Fsp3) is 0.278. The van der Waals surface area contributed by atoms with Gasteiger partial charge < -0.3 is 4.74 Å². The fourth-order valence-corrected chi connectivity index (χ4v) is 3.88. The van der Waals surface area contributed by atoms with Crippen LogP contribution in [0.4, 0.5) is 0 Å². The predicted molar refractivity (Wildman–Crippen MR) is 97.7 cm³/mol. The summed E-state index contributed by atoms with van der Waals surface area (Å²) in [6.45, 7) is 5.22. The van der Waals surface area contributed by atoms with Crippen LogP contribution in [-0.2, 0) is 9.53 Å². The summed E-state index contributed by atoms with van der Waals surface area (Å²) in [6.07, 6.45) is 0. The first kappa shape index (κ1) is 16.8. The SMILES string of the molecule is CC(C)(C)C(=O)COC(=O)c1ccc(-c2nc3ccccc3s2)s1. The summed E-state index contributed by atoms with van der Waals surface area (Å²) in [5.41, 5.74) is 0.438. The molecule has 3 aromatic rings. The number of para-hydroxylation sites is 1. The Kier molecular flexibility index (Phi) is 4.51. The maximum Gasteiger partial charge on any atom is 0.348 e. The molecule has 124 valence electrons. The van der Waals surface area contributed by atoms with Crippen LogP contribution >= 0.6 is 22.7 Å². The van der Waals surface area contributed by atoms with Crippen molar-refractivity contribution < 1.29 is 14.3 Å². The Hall–Kier alpha value is -2.05. The average Bonchev–Trinajstić information content (AvgIpc) is 3.17. The molecule has 0 aliphatic carbocycles. The molecule has 0 amide bonds. The first-order valence-electron chi connectivity index (χ1n) is 7.51. The minimum atomic E-state index is -0.512. The number of aromatic nitrogens is 1. The van der Waals surface area contributed by atoms with E-state index in [4.69, 9.17) is 4.74 Å². The number of thiazole rings is 1. The third-order valence-electron chi connectivity index (χ3n) is 3.48. The Morgan fingerprint density at radius 2 is 1.83 bits per heavy atom. The summed E-state index contributed by atoms with van der Waals surface area (Å²) >= 11 is 2.92. The molecule has 0 spiro atoms. The molecule has 0 atom stereocenters. The van der Waals surface area contributed by atoms with Crippen molar-refractivity contribution in [3.8, 4) is 9.88 Å². The molecule has 0 bridgehead atoms. The molecule has 24 heavy (non-hydrogen) atoms. The minimum Gasteiger partial charge on any atom is -0.453 e. The number of fused-ring (bicyclic) bond motifs is 1. The Labute approximate surface area is 148 Å². The van der Waals surface area contributed by atoms with Crippen molar-refractivity contribution in [2.75, 3.05) is 6.61 Å². The van der Waals surface area contributed by atoms with E-state index in [0.29, 0.717) is 4.88 Å². The molecule has 0 saturated heterocycles. The number of hydrogen-bond acceptors (Lipinski definition) is 6. The van der Waals surface area contributed by atoms with Crippen LogP contribution in [0.2, 0.25) is 0 Å². The largest absolute Gasteiger partial charge is 0.453 e. The van der Waals surface area contributed by atoms with E-state index >= 15 is 0 Å². The number of ketones is 1. The molecule has 1 aromatic carbocycles. The topological polar surface area (TPSA) is 56.3 Å². The van der Waals surface area contributed by atoms with Gasteiger partial charge in [0.1, 0.15) is 9.88 Å². The Morgan fingerprint density at radius 3 is 2.54 bits per heavy atom. The van der Waals surface area contributed by atoms with Gasteiger partial charge >= 0.3 is 5.97 Å². The van der Waals surface area contributed by atoms with E-state index in [9.17, 15) is 9.59 Å². The Bertz CT molecular complexity index is 869. The number of benzene rings is 1. The summed E-state index contributed by atoms with van der Waals surface area (Å²) in [6, 6.07) is 11.5. The number of carbonyl (C=O) groups is 2. The van der Waals surface area contributed by atoms with Crippen LogP contribution in [0.5, 0.6) is 0 Å². The molecule has 0 aliphatic rings. The molecule has 0 N–H and O–H groups in total. The van der Waals surface area contributed by atoms with Gasteiger partial charge in [0.25, 0.3) is 0 Å². The molecular weight excluding hydrogens is 342 g/mol. The minimum absolute atomic E-state index is 0.0983. The highest BCUT2D eigenvalue weighted by Gasteiger charge is 2.23. The van der Waals surface area contributed by atoms with E-state index in [1.165, 1.54) is 11.3 Å². The van der Waals surface area contributed by atoms with Crippen molar-refractivity contribution in [2.45, 2.75) is 20.8 Å². The third kappa shape index (κ3) is 3.55. The lowest BCUT2D eigenvalue weighted by Gasteiger charge is -2.15. The normalized spacial score (nSPS) is 11.6. The van der Waals surface area contributed by atoms with Crippen molar-refractivity contribution in [1.82, 2.24) is 4.98 Å². The quantitative estimate of drug-likeness (QED) is 0.628. The van der Waals surface area contributed by atoms with Gasteiger partial charge in [0.2, 0.25) is 0 Å². The highest BCUT2D eigenvalue weighted by Crippen LogP contribution is 2.34. The van der Waals surface area contributed by atoms with Gasteiger partial charge in [-0.25, -0.2) is 9.78 Å². The van der Waals surface area contributed by atoms with Crippen molar-refractivity contribution in [3.05, 3.63) is 41.3 Å². The number of rotatable bonds is 4. The first-order chi connectivity index (χ1) is 11.3. The summed E-state index contributed by atoms with van der Waals surface area (Å²) in [5.74, 6) is -0.566. The average molecular weight is 359 g/mol. The molecule has 4 nitrogen and oxygen atoms in total. The third-order valence-corrected chi connectivity index (χ3v) is 5.75. The number of carbonyl (C=O) groups excluding carboxylic acids is 2. The summed E-state index contributed by atoms with van der Waals surface area (Å²) in [5, 5.41) is 0.881. The highest BCUT2D eigenvalue weighted by molar-refractivity contribution is 7.26. The van der Waals surface area contributed by atoms with E-state index in [-0.39, 0.29) is 12.4 Å². The van der Waals surface area contributed by atoms with E-state index in [1.54, 1.807) is 38.2 Å². The lowest BCUT2D eigenvalue weighted by atomic mass is 9.91. The molecule has 6 heteroatoms. The zero-order valence-electron chi connectivity index (χ0n) is 13.7. The van der Waals surface area contributed by atoms with Gasteiger partial charge in [0, 0.05) is 5.41 Å². The Morgan fingerprint density at radius 1 is 1.08 bits per heavy atom. The summed E-state index contributed by atoms with van der Waals surface area (Å²) < 4.78 is 6.24. The molecule has 3 rings (SSSR count). The van der Waals surface area contributed by atoms with E-state index < -0.39 is 11.4 Å². The van der Waals surface area contributed by atoms with Crippen LogP contribution < -0.4 is 0 Å². The number of Topliss-reactive ketones (excluding diaryl/α,β-unsaturated/α-hetero) is 1. The van der Waals surface area contributed by atoms with Crippen LogP contribution in [0.1, 0.15) is 30.4 Å². The second-order valence-corrected chi connectivity index (χ2v) is 8.51. The lowest BCUT2D eigenvalue weighted by Crippen LogP contribution is -2.26. The van der Waals surface area contributed by atoms with E-state index in [2.05, 4.69) is 4.98 Å².